The van der Waals surface area contributed by atoms with Crippen molar-refractivity contribution in [3.8, 4) is 0 Å². The molecule has 1 rings (SSSR count). The number of carbonyl (C=O) groups is 1. The molecule has 0 saturated heterocycles. The van der Waals surface area contributed by atoms with Crippen LogP contribution in [0.2, 0.25) is 0 Å². The first-order valence-corrected chi connectivity index (χ1v) is 6.11. The lowest BCUT2D eigenvalue weighted by Gasteiger charge is -2.35. The van der Waals surface area contributed by atoms with Crippen molar-refractivity contribution >= 4 is 6.09 Å². The summed E-state index contributed by atoms with van der Waals surface area (Å²) in [6.07, 6.45) is -1.21. The predicted molar refractivity (Wildman–Crippen MR) is 62.5 cm³/mol. The summed E-state index contributed by atoms with van der Waals surface area (Å²) >= 11 is 0. The highest BCUT2D eigenvalue weighted by atomic mass is 19.3. The third kappa shape index (κ3) is 4.76. The fourth-order valence-corrected chi connectivity index (χ4v) is 2.03. The van der Waals surface area contributed by atoms with Gasteiger partial charge in [0, 0.05) is 31.4 Å². The van der Waals surface area contributed by atoms with Gasteiger partial charge in [-0.3, -0.25) is 0 Å². The van der Waals surface area contributed by atoms with Crippen molar-refractivity contribution < 1.29 is 23.4 Å². The second-order valence-corrected chi connectivity index (χ2v) is 5.79. The van der Waals surface area contributed by atoms with Gasteiger partial charge >= 0.3 is 6.09 Å². The van der Waals surface area contributed by atoms with Crippen LogP contribution in [0.25, 0.3) is 0 Å². The number of alkyl carbamates (subject to hydrolysis) is 1. The summed E-state index contributed by atoms with van der Waals surface area (Å²) in [6, 6.07) is -0.742. The van der Waals surface area contributed by atoms with Crippen molar-refractivity contribution in [2.75, 3.05) is 6.61 Å². The van der Waals surface area contributed by atoms with E-state index < -0.39 is 30.1 Å². The Balaban J connectivity index is 2.59. The van der Waals surface area contributed by atoms with Crippen LogP contribution in [-0.4, -0.2) is 35.4 Å². The van der Waals surface area contributed by atoms with Gasteiger partial charge in [-0.15, -0.1) is 0 Å². The van der Waals surface area contributed by atoms with Crippen molar-refractivity contribution in [1.82, 2.24) is 5.32 Å². The number of halogens is 2. The molecule has 0 heterocycles. The van der Waals surface area contributed by atoms with Gasteiger partial charge in [0.05, 0.1) is 0 Å². The van der Waals surface area contributed by atoms with E-state index in [9.17, 15) is 13.6 Å². The van der Waals surface area contributed by atoms with E-state index in [1.165, 1.54) is 0 Å². The Morgan fingerprint density at radius 3 is 2.61 bits per heavy atom. The Morgan fingerprint density at radius 2 is 2.11 bits per heavy atom. The number of aliphatic hydroxyl groups is 1. The van der Waals surface area contributed by atoms with Gasteiger partial charge in [0.25, 0.3) is 0 Å². The van der Waals surface area contributed by atoms with Gasteiger partial charge in [-0.25, -0.2) is 13.6 Å². The molecule has 0 spiro atoms. The number of nitrogens with one attached hydrogen (secondary N) is 1. The van der Waals surface area contributed by atoms with Crippen LogP contribution in [0.5, 0.6) is 0 Å². The molecule has 1 saturated carbocycles. The molecule has 0 unspecified atom stereocenters. The Labute approximate surface area is 106 Å². The first-order chi connectivity index (χ1) is 8.13. The highest BCUT2D eigenvalue weighted by Crippen LogP contribution is 2.36. The van der Waals surface area contributed by atoms with Gasteiger partial charge in [0.1, 0.15) is 5.60 Å². The SMILES string of the molecule is CC(C)(C)OC(=O)N[C@H]1CC(F)(F)CC[C@@H]1CO. The standard InChI is InChI=1S/C12H21F2NO3/c1-11(2,3)18-10(17)15-9-6-12(13,14)5-4-8(9)7-16/h8-9,16H,4-7H2,1-3H3,(H,15,17)/t8-,9+/m1/s1. The minimum Gasteiger partial charge on any atom is -0.444 e. The third-order valence-electron chi connectivity index (χ3n) is 2.91. The van der Waals surface area contributed by atoms with E-state index in [-0.39, 0.29) is 25.4 Å². The van der Waals surface area contributed by atoms with Crippen LogP contribution in [0.15, 0.2) is 0 Å². The molecule has 0 aromatic carbocycles. The molecule has 0 aromatic heterocycles. The summed E-state index contributed by atoms with van der Waals surface area (Å²) in [5, 5.41) is 11.6. The molecule has 106 valence electrons. The number of rotatable bonds is 2. The second kappa shape index (κ2) is 5.38. The molecule has 0 aromatic rings. The van der Waals surface area contributed by atoms with Crippen molar-refractivity contribution in [1.29, 1.82) is 0 Å². The third-order valence-corrected chi connectivity index (χ3v) is 2.91. The molecule has 4 nitrogen and oxygen atoms in total. The number of hydrogen-bond donors (Lipinski definition) is 2. The molecule has 1 aliphatic rings. The highest BCUT2D eigenvalue weighted by molar-refractivity contribution is 5.68. The monoisotopic (exact) mass is 265 g/mol. The molecule has 1 amide bonds. The average Bonchev–Trinajstić information content (AvgIpc) is 2.13. The van der Waals surface area contributed by atoms with Crippen LogP contribution < -0.4 is 5.32 Å². The zero-order chi connectivity index (χ0) is 14.0. The molecule has 2 atom stereocenters. The van der Waals surface area contributed by atoms with Crippen LogP contribution in [-0.2, 0) is 4.74 Å². The van der Waals surface area contributed by atoms with Crippen molar-refractivity contribution in [2.45, 2.75) is 57.6 Å². The Kier molecular flexibility index (Phi) is 4.53. The summed E-state index contributed by atoms with van der Waals surface area (Å²) in [6.45, 7) is 4.89. The number of carbonyl (C=O) groups excluding carboxylic acids is 1. The van der Waals surface area contributed by atoms with Gasteiger partial charge in [-0.2, -0.15) is 0 Å². The molecule has 6 heteroatoms. The quantitative estimate of drug-likeness (QED) is 0.805. The van der Waals surface area contributed by atoms with Gasteiger partial charge in [0.2, 0.25) is 5.92 Å². The van der Waals surface area contributed by atoms with Crippen LogP contribution in [0.3, 0.4) is 0 Å². The van der Waals surface area contributed by atoms with Gasteiger partial charge in [-0.1, -0.05) is 0 Å². The predicted octanol–water partition coefficient (Wildman–Crippen LogP) is 2.31. The number of aliphatic hydroxyl groups excluding tert-OH is 1. The molecule has 18 heavy (non-hydrogen) atoms. The lowest BCUT2D eigenvalue weighted by atomic mass is 9.83. The van der Waals surface area contributed by atoms with E-state index in [4.69, 9.17) is 9.84 Å². The number of alkyl halides is 2. The van der Waals surface area contributed by atoms with E-state index in [1.54, 1.807) is 20.8 Å². The van der Waals surface area contributed by atoms with E-state index in [1.807, 2.05) is 0 Å². The van der Waals surface area contributed by atoms with Gasteiger partial charge < -0.3 is 15.2 Å². The minimum absolute atomic E-state index is 0.198. The van der Waals surface area contributed by atoms with Crippen LogP contribution >= 0.6 is 0 Å². The zero-order valence-corrected chi connectivity index (χ0v) is 11.0. The average molecular weight is 265 g/mol. The van der Waals surface area contributed by atoms with E-state index >= 15 is 0 Å². The Hall–Kier alpha value is -0.910. The zero-order valence-electron chi connectivity index (χ0n) is 11.0. The fourth-order valence-electron chi connectivity index (χ4n) is 2.03. The highest BCUT2D eigenvalue weighted by Gasteiger charge is 2.42. The van der Waals surface area contributed by atoms with E-state index in [2.05, 4.69) is 5.32 Å². The molecular weight excluding hydrogens is 244 g/mol. The van der Waals surface area contributed by atoms with E-state index in [0.717, 1.165) is 0 Å². The maximum atomic E-state index is 13.3. The summed E-state index contributed by atoms with van der Waals surface area (Å²) < 4.78 is 31.6. The van der Waals surface area contributed by atoms with Gasteiger partial charge in [-0.05, 0) is 27.2 Å². The topological polar surface area (TPSA) is 58.6 Å². The van der Waals surface area contributed by atoms with Gasteiger partial charge in [0.15, 0.2) is 0 Å². The van der Waals surface area contributed by atoms with Crippen LogP contribution in [0.4, 0.5) is 13.6 Å². The lowest BCUT2D eigenvalue weighted by Crippen LogP contribution is -2.49. The second-order valence-electron chi connectivity index (χ2n) is 5.79. The summed E-state index contributed by atoms with van der Waals surface area (Å²) in [7, 11) is 0. The minimum atomic E-state index is -2.79. The molecule has 1 fully saturated rings. The molecule has 0 radical (unpaired) electrons. The summed E-state index contributed by atoms with van der Waals surface area (Å²) in [4.78, 5) is 11.5. The molecule has 0 aliphatic heterocycles. The van der Waals surface area contributed by atoms with Crippen molar-refractivity contribution in [3.63, 3.8) is 0 Å². The molecule has 0 bridgehead atoms. The van der Waals surface area contributed by atoms with Crippen LogP contribution in [0, 0.1) is 5.92 Å². The summed E-state index contributed by atoms with van der Waals surface area (Å²) in [5.41, 5.74) is -0.671. The number of hydrogen-bond acceptors (Lipinski definition) is 3. The van der Waals surface area contributed by atoms with Crippen molar-refractivity contribution in [2.24, 2.45) is 5.92 Å². The first-order valence-electron chi connectivity index (χ1n) is 6.11. The van der Waals surface area contributed by atoms with E-state index in [0.29, 0.717) is 0 Å². The number of amides is 1. The lowest BCUT2D eigenvalue weighted by molar-refractivity contribution is -0.0651. The summed E-state index contributed by atoms with van der Waals surface area (Å²) in [5.74, 6) is -3.12. The Bertz CT molecular complexity index is 302. The van der Waals surface area contributed by atoms with Crippen LogP contribution in [0.1, 0.15) is 40.0 Å². The Morgan fingerprint density at radius 1 is 1.50 bits per heavy atom. The maximum absolute atomic E-state index is 13.3. The first kappa shape index (κ1) is 15.1. The molecule has 1 aliphatic carbocycles. The smallest absolute Gasteiger partial charge is 0.407 e. The largest absolute Gasteiger partial charge is 0.444 e. The number of ether oxygens (including phenoxy) is 1. The fraction of sp³-hybridized carbons (Fsp3) is 0.917. The van der Waals surface area contributed by atoms with Crippen molar-refractivity contribution in [3.05, 3.63) is 0 Å². The molecular formula is C12H21F2NO3. The maximum Gasteiger partial charge on any atom is 0.407 e. The normalized spacial score (nSPS) is 27.7. The molecule has 2 N–H and O–H groups in total.